The average molecular weight is 237 g/mol. The summed E-state index contributed by atoms with van der Waals surface area (Å²) in [4.78, 5) is 4.14. The topological polar surface area (TPSA) is 33.1 Å². The van der Waals surface area contributed by atoms with Gasteiger partial charge in [-0.25, -0.2) is 9.37 Å². The predicted octanol–water partition coefficient (Wildman–Crippen LogP) is 2.95. The van der Waals surface area contributed by atoms with Gasteiger partial charge in [0, 0.05) is 18.0 Å². The van der Waals surface area contributed by atoms with E-state index in [9.17, 15) is 9.50 Å². The van der Waals surface area contributed by atoms with Crippen molar-refractivity contribution in [1.29, 1.82) is 0 Å². The van der Waals surface area contributed by atoms with E-state index in [1.807, 2.05) is 5.38 Å². The van der Waals surface area contributed by atoms with Crippen molar-refractivity contribution >= 4 is 11.3 Å². The van der Waals surface area contributed by atoms with Crippen LogP contribution in [0.1, 0.15) is 23.1 Å². The molecule has 4 heteroatoms. The van der Waals surface area contributed by atoms with E-state index in [2.05, 4.69) is 4.98 Å². The molecule has 0 saturated heterocycles. The summed E-state index contributed by atoms with van der Waals surface area (Å²) in [6, 6.07) is 5.95. The fraction of sp³-hybridized carbons (Fsp3) is 0.250. The Morgan fingerprint density at radius 2 is 2.06 bits per heavy atom. The van der Waals surface area contributed by atoms with Crippen LogP contribution in [-0.2, 0) is 6.42 Å². The van der Waals surface area contributed by atoms with E-state index < -0.39 is 6.10 Å². The summed E-state index contributed by atoms with van der Waals surface area (Å²) in [5.74, 6) is -0.282. The maximum absolute atomic E-state index is 12.7. The molecule has 1 aromatic carbocycles. The molecule has 0 bridgehead atoms. The third-order valence-electron chi connectivity index (χ3n) is 2.37. The van der Waals surface area contributed by atoms with Gasteiger partial charge in [0.1, 0.15) is 5.82 Å². The number of hydrogen-bond acceptors (Lipinski definition) is 3. The summed E-state index contributed by atoms with van der Waals surface area (Å²) in [5, 5.41) is 12.8. The van der Waals surface area contributed by atoms with Crippen LogP contribution < -0.4 is 0 Å². The number of nitrogens with zero attached hydrogens (tertiary/aromatic N) is 1. The van der Waals surface area contributed by atoms with Gasteiger partial charge in [-0.1, -0.05) is 12.1 Å². The van der Waals surface area contributed by atoms with Crippen molar-refractivity contribution in [3.63, 3.8) is 0 Å². The monoisotopic (exact) mass is 237 g/mol. The minimum Gasteiger partial charge on any atom is -0.388 e. The molecule has 0 saturated carbocycles. The van der Waals surface area contributed by atoms with Gasteiger partial charge in [-0.05, 0) is 24.1 Å². The average Bonchev–Trinajstić information content (AvgIpc) is 2.80. The molecule has 1 unspecified atom stereocenters. The molecular formula is C12H12FNOS. The van der Waals surface area contributed by atoms with Crippen molar-refractivity contribution in [2.45, 2.75) is 18.9 Å². The van der Waals surface area contributed by atoms with Crippen LogP contribution in [0, 0.1) is 5.82 Å². The molecule has 2 aromatic rings. The molecule has 0 aliphatic rings. The number of halogens is 1. The standard InChI is InChI=1S/C12H12FNOS/c13-10-3-1-9(2-4-10)11(15)5-6-12-14-7-8-16-12/h1-4,7-8,11,15H,5-6H2. The van der Waals surface area contributed by atoms with E-state index in [0.717, 1.165) is 17.0 Å². The Labute approximate surface area is 97.4 Å². The molecule has 0 aliphatic carbocycles. The molecule has 1 aromatic heterocycles. The minimum atomic E-state index is -0.551. The molecule has 0 amide bonds. The zero-order valence-electron chi connectivity index (χ0n) is 8.64. The van der Waals surface area contributed by atoms with Crippen LogP contribution >= 0.6 is 11.3 Å². The normalized spacial score (nSPS) is 12.6. The molecule has 84 valence electrons. The predicted molar refractivity (Wildman–Crippen MR) is 61.8 cm³/mol. The summed E-state index contributed by atoms with van der Waals surface area (Å²) < 4.78 is 12.7. The Morgan fingerprint density at radius 3 is 2.69 bits per heavy atom. The highest BCUT2D eigenvalue weighted by Gasteiger charge is 2.08. The second kappa shape index (κ2) is 5.18. The van der Waals surface area contributed by atoms with Crippen LogP contribution in [0.5, 0.6) is 0 Å². The van der Waals surface area contributed by atoms with E-state index in [0.29, 0.717) is 6.42 Å². The van der Waals surface area contributed by atoms with Gasteiger partial charge in [-0.15, -0.1) is 11.3 Å². The van der Waals surface area contributed by atoms with Gasteiger partial charge in [-0.3, -0.25) is 0 Å². The van der Waals surface area contributed by atoms with Gasteiger partial charge in [0.15, 0.2) is 0 Å². The van der Waals surface area contributed by atoms with Gasteiger partial charge < -0.3 is 5.11 Å². The molecule has 1 atom stereocenters. The van der Waals surface area contributed by atoms with Crippen molar-refractivity contribution < 1.29 is 9.50 Å². The first-order valence-electron chi connectivity index (χ1n) is 5.07. The fourth-order valence-corrected chi connectivity index (χ4v) is 2.12. The molecule has 1 N–H and O–H groups in total. The molecule has 2 rings (SSSR count). The zero-order chi connectivity index (χ0) is 11.4. The lowest BCUT2D eigenvalue weighted by molar-refractivity contribution is 0.167. The first kappa shape index (κ1) is 11.2. The second-order valence-electron chi connectivity index (χ2n) is 3.53. The summed E-state index contributed by atoms with van der Waals surface area (Å²) in [5.41, 5.74) is 0.748. The number of hydrogen-bond donors (Lipinski definition) is 1. The molecule has 0 spiro atoms. The van der Waals surface area contributed by atoms with Gasteiger partial charge in [0.05, 0.1) is 11.1 Å². The highest BCUT2D eigenvalue weighted by Crippen LogP contribution is 2.19. The van der Waals surface area contributed by atoms with E-state index >= 15 is 0 Å². The lowest BCUT2D eigenvalue weighted by Crippen LogP contribution is -1.99. The molecular weight excluding hydrogens is 225 g/mol. The Morgan fingerprint density at radius 1 is 1.31 bits per heavy atom. The second-order valence-corrected chi connectivity index (χ2v) is 4.51. The Balaban J connectivity index is 1.93. The van der Waals surface area contributed by atoms with E-state index in [-0.39, 0.29) is 5.82 Å². The third kappa shape index (κ3) is 2.87. The molecule has 0 fully saturated rings. The summed E-state index contributed by atoms with van der Waals surface area (Å²) >= 11 is 1.58. The summed E-state index contributed by atoms with van der Waals surface area (Å²) in [6.45, 7) is 0. The van der Waals surface area contributed by atoms with E-state index in [1.165, 1.54) is 12.1 Å². The van der Waals surface area contributed by atoms with Gasteiger partial charge in [-0.2, -0.15) is 0 Å². The molecule has 16 heavy (non-hydrogen) atoms. The number of aliphatic hydroxyl groups is 1. The number of aryl methyl sites for hydroxylation is 1. The lowest BCUT2D eigenvalue weighted by atomic mass is 10.1. The number of benzene rings is 1. The number of thiazole rings is 1. The van der Waals surface area contributed by atoms with Gasteiger partial charge in [0.2, 0.25) is 0 Å². The van der Waals surface area contributed by atoms with Crippen LogP contribution in [0.25, 0.3) is 0 Å². The minimum absolute atomic E-state index is 0.282. The molecule has 1 heterocycles. The maximum Gasteiger partial charge on any atom is 0.123 e. The van der Waals surface area contributed by atoms with E-state index in [1.54, 1.807) is 29.7 Å². The smallest absolute Gasteiger partial charge is 0.123 e. The third-order valence-corrected chi connectivity index (χ3v) is 3.21. The fourth-order valence-electron chi connectivity index (χ4n) is 1.49. The molecule has 2 nitrogen and oxygen atoms in total. The largest absolute Gasteiger partial charge is 0.388 e. The number of aliphatic hydroxyl groups excluding tert-OH is 1. The highest BCUT2D eigenvalue weighted by molar-refractivity contribution is 7.09. The van der Waals surface area contributed by atoms with Crippen LogP contribution in [0.4, 0.5) is 4.39 Å². The molecule has 0 radical (unpaired) electrons. The first-order valence-corrected chi connectivity index (χ1v) is 5.95. The highest BCUT2D eigenvalue weighted by atomic mass is 32.1. The Hall–Kier alpha value is -1.26. The van der Waals surface area contributed by atoms with Crippen molar-refractivity contribution in [1.82, 2.24) is 4.98 Å². The van der Waals surface area contributed by atoms with Crippen molar-refractivity contribution in [2.24, 2.45) is 0 Å². The zero-order valence-corrected chi connectivity index (χ0v) is 9.45. The number of rotatable bonds is 4. The van der Waals surface area contributed by atoms with Gasteiger partial charge >= 0.3 is 0 Å². The van der Waals surface area contributed by atoms with Crippen LogP contribution in [0.3, 0.4) is 0 Å². The van der Waals surface area contributed by atoms with E-state index in [4.69, 9.17) is 0 Å². The first-order chi connectivity index (χ1) is 7.75. The SMILES string of the molecule is OC(CCc1nccs1)c1ccc(F)cc1. The van der Waals surface area contributed by atoms with Crippen molar-refractivity contribution in [3.8, 4) is 0 Å². The number of aromatic nitrogens is 1. The van der Waals surface area contributed by atoms with Crippen LogP contribution in [0.15, 0.2) is 35.8 Å². The quantitative estimate of drug-likeness (QED) is 0.886. The van der Waals surface area contributed by atoms with Crippen LogP contribution in [-0.4, -0.2) is 10.1 Å². The van der Waals surface area contributed by atoms with Crippen molar-refractivity contribution in [2.75, 3.05) is 0 Å². The van der Waals surface area contributed by atoms with Crippen molar-refractivity contribution in [3.05, 3.63) is 52.2 Å². The molecule has 0 aliphatic heterocycles. The Kier molecular flexibility index (Phi) is 3.64. The van der Waals surface area contributed by atoms with Gasteiger partial charge in [0.25, 0.3) is 0 Å². The lowest BCUT2D eigenvalue weighted by Gasteiger charge is -2.09. The summed E-state index contributed by atoms with van der Waals surface area (Å²) in [7, 11) is 0. The maximum atomic E-state index is 12.7. The Bertz CT molecular complexity index is 427. The van der Waals surface area contributed by atoms with Crippen LogP contribution in [0.2, 0.25) is 0 Å². The summed E-state index contributed by atoms with van der Waals surface area (Å²) in [6.07, 6.45) is 2.56.